The zero-order valence-electron chi connectivity index (χ0n) is 9.74. The van der Waals surface area contributed by atoms with Crippen molar-refractivity contribution in [1.29, 1.82) is 0 Å². The van der Waals surface area contributed by atoms with Crippen molar-refractivity contribution in [3.63, 3.8) is 0 Å². The van der Waals surface area contributed by atoms with Gasteiger partial charge in [0.2, 0.25) is 0 Å². The van der Waals surface area contributed by atoms with Gasteiger partial charge in [0.25, 0.3) is 0 Å². The molecule has 2 aromatic heterocycles. The highest BCUT2D eigenvalue weighted by atomic mass is 16.3. The van der Waals surface area contributed by atoms with Crippen molar-refractivity contribution in [2.45, 2.75) is 25.4 Å². The van der Waals surface area contributed by atoms with Crippen LogP contribution in [-0.4, -0.2) is 28.2 Å². The fourth-order valence-corrected chi connectivity index (χ4v) is 2.61. The van der Waals surface area contributed by atoms with E-state index in [9.17, 15) is 0 Å². The minimum absolute atomic E-state index is 0.00469. The minimum Gasteiger partial charge on any atom is -0.390 e. The van der Waals surface area contributed by atoms with E-state index >= 15 is 0 Å². The fraction of sp³-hybridized carbons (Fsp3) is 0.462. The Morgan fingerprint density at radius 2 is 2.35 bits per heavy atom. The molecule has 0 spiro atoms. The number of nitrogens with one attached hydrogen (secondary N) is 2. The standard InChI is InChI=1S/C13H17N3O/c17-8-10-3-4-11-12(7-15-13(11)16-10)9-2-1-5-14-6-9/h3-4,7,9,14,17H,1-2,5-6,8H2,(H,15,16). The molecule has 1 aliphatic rings. The lowest BCUT2D eigenvalue weighted by molar-refractivity contribution is 0.277. The van der Waals surface area contributed by atoms with E-state index in [-0.39, 0.29) is 6.61 Å². The summed E-state index contributed by atoms with van der Waals surface area (Å²) in [7, 11) is 0. The van der Waals surface area contributed by atoms with Crippen molar-refractivity contribution in [3.8, 4) is 0 Å². The smallest absolute Gasteiger partial charge is 0.137 e. The zero-order valence-corrected chi connectivity index (χ0v) is 9.74. The lowest BCUT2D eigenvalue weighted by Gasteiger charge is -2.22. The van der Waals surface area contributed by atoms with Crippen molar-refractivity contribution in [2.75, 3.05) is 13.1 Å². The SMILES string of the molecule is OCc1ccc2c(C3CCCNC3)c[nH]c2n1. The van der Waals surface area contributed by atoms with Crippen LogP contribution in [0.4, 0.5) is 0 Å². The van der Waals surface area contributed by atoms with Crippen LogP contribution in [0.25, 0.3) is 11.0 Å². The number of nitrogens with zero attached hydrogens (tertiary/aromatic N) is 1. The summed E-state index contributed by atoms with van der Waals surface area (Å²) in [5, 5.41) is 13.7. The third kappa shape index (κ3) is 1.94. The Hall–Kier alpha value is -1.39. The summed E-state index contributed by atoms with van der Waals surface area (Å²) < 4.78 is 0. The quantitative estimate of drug-likeness (QED) is 0.734. The molecule has 3 N–H and O–H groups in total. The summed E-state index contributed by atoms with van der Waals surface area (Å²) in [6, 6.07) is 3.96. The van der Waals surface area contributed by atoms with Crippen LogP contribution < -0.4 is 5.32 Å². The van der Waals surface area contributed by atoms with Crippen molar-refractivity contribution in [1.82, 2.24) is 15.3 Å². The van der Waals surface area contributed by atoms with Crippen molar-refractivity contribution >= 4 is 11.0 Å². The van der Waals surface area contributed by atoms with E-state index in [0.717, 1.165) is 18.7 Å². The zero-order chi connectivity index (χ0) is 11.7. The van der Waals surface area contributed by atoms with Gasteiger partial charge in [-0.2, -0.15) is 0 Å². The van der Waals surface area contributed by atoms with Crippen LogP contribution in [0.15, 0.2) is 18.3 Å². The highest BCUT2D eigenvalue weighted by molar-refractivity contribution is 5.80. The van der Waals surface area contributed by atoms with Gasteiger partial charge in [0.1, 0.15) is 5.65 Å². The Morgan fingerprint density at radius 1 is 1.41 bits per heavy atom. The first kappa shape index (κ1) is 10.7. The third-order valence-electron chi connectivity index (χ3n) is 3.53. The van der Waals surface area contributed by atoms with Gasteiger partial charge >= 0.3 is 0 Å². The van der Waals surface area contributed by atoms with Crippen molar-refractivity contribution in [3.05, 3.63) is 29.6 Å². The fourth-order valence-electron chi connectivity index (χ4n) is 2.61. The molecule has 4 heteroatoms. The van der Waals surface area contributed by atoms with E-state index in [1.807, 2.05) is 6.07 Å². The highest BCUT2D eigenvalue weighted by Gasteiger charge is 2.18. The second-order valence-corrected chi connectivity index (χ2v) is 4.64. The van der Waals surface area contributed by atoms with Gasteiger partial charge < -0.3 is 15.4 Å². The summed E-state index contributed by atoms with van der Waals surface area (Å²) in [4.78, 5) is 7.59. The topological polar surface area (TPSA) is 60.9 Å². The molecule has 1 fully saturated rings. The van der Waals surface area contributed by atoms with Gasteiger partial charge in [0.05, 0.1) is 12.3 Å². The summed E-state index contributed by atoms with van der Waals surface area (Å²) >= 11 is 0. The first-order chi connectivity index (χ1) is 8.38. The van der Waals surface area contributed by atoms with Gasteiger partial charge in [-0.15, -0.1) is 0 Å². The summed E-state index contributed by atoms with van der Waals surface area (Å²) in [5.74, 6) is 0.583. The molecule has 2 aromatic rings. The van der Waals surface area contributed by atoms with Gasteiger partial charge in [0, 0.05) is 18.1 Å². The number of piperidine rings is 1. The number of aliphatic hydroxyl groups is 1. The number of H-pyrrole nitrogens is 1. The van der Waals surface area contributed by atoms with Gasteiger partial charge in [-0.3, -0.25) is 0 Å². The Bertz CT molecular complexity index is 514. The molecule has 17 heavy (non-hydrogen) atoms. The molecule has 1 atom stereocenters. The number of aromatic nitrogens is 2. The predicted molar refractivity (Wildman–Crippen MR) is 66.9 cm³/mol. The molecular formula is C13H17N3O. The lowest BCUT2D eigenvalue weighted by atomic mass is 9.92. The maximum atomic E-state index is 9.07. The molecule has 4 nitrogen and oxygen atoms in total. The monoisotopic (exact) mass is 231 g/mol. The number of pyridine rings is 1. The van der Waals surface area contributed by atoms with Crippen LogP contribution in [0.5, 0.6) is 0 Å². The average molecular weight is 231 g/mol. The van der Waals surface area contributed by atoms with Crippen LogP contribution >= 0.6 is 0 Å². The van der Waals surface area contributed by atoms with Gasteiger partial charge in [-0.1, -0.05) is 0 Å². The second kappa shape index (κ2) is 4.47. The number of aromatic amines is 1. The molecule has 0 saturated carbocycles. The first-order valence-corrected chi connectivity index (χ1v) is 6.17. The molecule has 1 saturated heterocycles. The molecule has 3 heterocycles. The molecule has 90 valence electrons. The second-order valence-electron chi connectivity index (χ2n) is 4.64. The molecule has 0 aromatic carbocycles. The lowest BCUT2D eigenvalue weighted by Crippen LogP contribution is -2.28. The maximum absolute atomic E-state index is 9.07. The number of hydrogen-bond acceptors (Lipinski definition) is 3. The molecular weight excluding hydrogens is 214 g/mol. The molecule has 0 radical (unpaired) electrons. The maximum Gasteiger partial charge on any atom is 0.137 e. The average Bonchev–Trinajstić information content (AvgIpc) is 2.82. The summed E-state index contributed by atoms with van der Waals surface area (Å²) in [6.45, 7) is 2.18. The van der Waals surface area contributed by atoms with E-state index in [4.69, 9.17) is 5.11 Å². The number of hydrogen-bond donors (Lipinski definition) is 3. The predicted octanol–water partition coefficient (Wildman–Crippen LogP) is 1.52. The largest absolute Gasteiger partial charge is 0.390 e. The summed E-state index contributed by atoms with van der Waals surface area (Å²) in [5.41, 5.74) is 2.95. The normalized spacial score (nSPS) is 20.9. The Labute approximate surface area is 100 Å². The third-order valence-corrected chi connectivity index (χ3v) is 3.53. The summed E-state index contributed by atoms with van der Waals surface area (Å²) in [6.07, 6.45) is 4.54. The molecule has 0 amide bonds. The molecule has 1 unspecified atom stereocenters. The van der Waals surface area contributed by atoms with E-state index in [1.54, 1.807) is 0 Å². The van der Waals surface area contributed by atoms with Crippen LogP contribution in [0, 0.1) is 0 Å². The molecule has 0 bridgehead atoms. The van der Waals surface area contributed by atoms with Gasteiger partial charge in [-0.25, -0.2) is 4.98 Å². The Balaban J connectivity index is 1.99. The van der Waals surface area contributed by atoms with Gasteiger partial charge in [-0.05, 0) is 43.0 Å². The van der Waals surface area contributed by atoms with E-state index < -0.39 is 0 Å². The van der Waals surface area contributed by atoms with Gasteiger partial charge in [0.15, 0.2) is 0 Å². The highest BCUT2D eigenvalue weighted by Crippen LogP contribution is 2.29. The van der Waals surface area contributed by atoms with Crippen LogP contribution in [0.2, 0.25) is 0 Å². The van der Waals surface area contributed by atoms with E-state index in [0.29, 0.717) is 11.6 Å². The minimum atomic E-state index is -0.00469. The molecule has 0 aliphatic carbocycles. The Kier molecular flexibility index (Phi) is 2.82. The van der Waals surface area contributed by atoms with Crippen LogP contribution in [0.1, 0.15) is 30.0 Å². The Morgan fingerprint density at radius 3 is 3.12 bits per heavy atom. The van der Waals surface area contributed by atoms with Crippen LogP contribution in [-0.2, 0) is 6.61 Å². The molecule has 3 rings (SSSR count). The molecule has 1 aliphatic heterocycles. The van der Waals surface area contributed by atoms with Crippen molar-refractivity contribution in [2.24, 2.45) is 0 Å². The van der Waals surface area contributed by atoms with E-state index in [1.165, 1.54) is 23.8 Å². The number of fused-ring (bicyclic) bond motifs is 1. The number of rotatable bonds is 2. The first-order valence-electron chi connectivity index (χ1n) is 6.17. The number of aliphatic hydroxyl groups excluding tert-OH is 1. The van der Waals surface area contributed by atoms with Crippen molar-refractivity contribution < 1.29 is 5.11 Å². The van der Waals surface area contributed by atoms with E-state index in [2.05, 4.69) is 27.5 Å². The van der Waals surface area contributed by atoms with Crippen LogP contribution in [0.3, 0.4) is 0 Å².